The summed E-state index contributed by atoms with van der Waals surface area (Å²) in [6.45, 7) is 9.23. The van der Waals surface area contributed by atoms with E-state index in [2.05, 4.69) is 4.72 Å². The molecule has 28 heavy (non-hydrogen) atoms. The fourth-order valence-corrected chi connectivity index (χ4v) is 4.80. The first-order valence-electron chi connectivity index (χ1n) is 9.62. The van der Waals surface area contributed by atoms with Crippen molar-refractivity contribution in [3.05, 3.63) is 24.0 Å². The summed E-state index contributed by atoms with van der Waals surface area (Å²) in [5.74, 6) is -0.687. The van der Waals surface area contributed by atoms with Gasteiger partial charge in [0.1, 0.15) is 5.82 Å². The number of halogens is 1. The molecule has 1 aliphatic heterocycles. The Hall–Kier alpha value is -0.995. The molecule has 0 amide bonds. The Bertz CT molecular complexity index is 830. The average Bonchev–Trinajstić information content (AvgIpc) is 2.77. The summed E-state index contributed by atoms with van der Waals surface area (Å²) in [6.07, 6.45) is 2.13. The fourth-order valence-electron chi connectivity index (χ4n) is 3.48. The van der Waals surface area contributed by atoms with Crippen LogP contribution in [0.2, 0.25) is 0 Å². The predicted octanol–water partition coefficient (Wildman–Crippen LogP) is 2.10. The molecule has 2 aliphatic rings. The van der Waals surface area contributed by atoms with E-state index in [9.17, 15) is 17.9 Å². The van der Waals surface area contributed by atoms with Gasteiger partial charge in [0.25, 0.3) is 0 Å². The molecule has 1 aliphatic carbocycles. The van der Waals surface area contributed by atoms with E-state index in [1.54, 1.807) is 6.92 Å². The zero-order valence-corrected chi connectivity index (χ0v) is 17.9. The van der Waals surface area contributed by atoms with Crippen molar-refractivity contribution >= 4 is 22.6 Å². The second-order valence-electron chi connectivity index (χ2n) is 9.16. The Balaban J connectivity index is 1.75. The van der Waals surface area contributed by atoms with Crippen molar-refractivity contribution < 1.29 is 27.2 Å². The highest BCUT2D eigenvalue weighted by Crippen LogP contribution is 2.36. The number of hydrogen-bond donors (Lipinski definition) is 2. The third-order valence-electron chi connectivity index (χ3n) is 6.17. The Morgan fingerprint density at radius 1 is 1.11 bits per heavy atom. The molecule has 1 heterocycles. The average molecular weight is 413 g/mol. The Morgan fingerprint density at radius 2 is 1.64 bits per heavy atom. The maximum atomic E-state index is 14.7. The molecule has 6 nitrogen and oxygen atoms in total. The minimum atomic E-state index is -3.86. The van der Waals surface area contributed by atoms with Crippen molar-refractivity contribution in [2.24, 2.45) is 0 Å². The molecule has 0 atom stereocenters. The Kier molecular flexibility index (Phi) is 5.47. The first-order valence-corrected chi connectivity index (χ1v) is 11.1. The number of nitrogens with one attached hydrogen (secondary N) is 1. The van der Waals surface area contributed by atoms with E-state index < -0.39 is 39.8 Å². The predicted molar refractivity (Wildman–Crippen MR) is 105 cm³/mol. The van der Waals surface area contributed by atoms with Gasteiger partial charge in [0.2, 0.25) is 10.0 Å². The van der Waals surface area contributed by atoms with Crippen molar-refractivity contribution in [2.45, 2.75) is 88.0 Å². The molecular weight excluding hydrogens is 384 g/mol. The minimum Gasteiger partial charge on any atom is -0.399 e. The van der Waals surface area contributed by atoms with Gasteiger partial charge in [-0.05, 0) is 72.4 Å². The van der Waals surface area contributed by atoms with Crippen LogP contribution in [0.1, 0.15) is 60.3 Å². The van der Waals surface area contributed by atoms with Crippen LogP contribution >= 0.6 is 0 Å². The van der Waals surface area contributed by atoms with E-state index in [4.69, 9.17) is 9.31 Å². The maximum Gasteiger partial charge on any atom is 0.497 e. The second-order valence-corrected chi connectivity index (χ2v) is 10.9. The van der Waals surface area contributed by atoms with Crippen LogP contribution in [-0.2, 0) is 19.3 Å². The summed E-state index contributed by atoms with van der Waals surface area (Å²) >= 11 is 0. The lowest BCUT2D eigenvalue weighted by atomic mass is 9.79. The van der Waals surface area contributed by atoms with E-state index in [1.165, 1.54) is 12.1 Å². The standard InChI is InChI=1S/C19H29BFNO5S/c1-17(2)18(3,4)27-20(26-17)15-7-6-14(12-16(15)21)28(24,25)22-13-8-10-19(5,23)11-9-13/h6-7,12-13,22-23H,8-11H2,1-5H3. The Labute approximate surface area is 167 Å². The van der Waals surface area contributed by atoms with Crippen LogP contribution in [0.4, 0.5) is 4.39 Å². The van der Waals surface area contributed by atoms with Gasteiger partial charge in [0, 0.05) is 11.5 Å². The van der Waals surface area contributed by atoms with Crippen LogP contribution in [0.5, 0.6) is 0 Å². The zero-order chi connectivity index (χ0) is 21.0. The van der Waals surface area contributed by atoms with Crippen LogP contribution in [0, 0.1) is 5.82 Å². The normalized spacial score (nSPS) is 29.8. The Morgan fingerprint density at radius 3 is 2.14 bits per heavy atom. The molecule has 2 fully saturated rings. The summed E-state index contributed by atoms with van der Waals surface area (Å²) in [6, 6.07) is 3.50. The van der Waals surface area contributed by atoms with Crippen molar-refractivity contribution in [3.63, 3.8) is 0 Å². The number of rotatable bonds is 4. The molecule has 1 aromatic carbocycles. The SMILES string of the molecule is CC1(O)CCC(NS(=O)(=O)c2ccc(B3OC(C)(C)C(C)(C)O3)c(F)c2)CC1. The molecule has 1 saturated carbocycles. The van der Waals surface area contributed by atoms with Crippen LogP contribution in [0.15, 0.2) is 23.1 Å². The topological polar surface area (TPSA) is 84.9 Å². The number of aliphatic hydroxyl groups is 1. The second kappa shape index (κ2) is 7.06. The molecule has 1 saturated heterocycles. The van der Waals surface area contributed by atoms with E-state index in [0.29, 0.717) is 25.7 Å². The quantitative estimate of drug-likeness (QED) is 0.739. The molecule has 0 radical (unpaired) electrons. The summed E-state index contributed by atoms with van der Waals surface area (Å²) in [7, 11) is -4.75. The fraction of sp³-hybridized carbons (Fsp3) is 0.684. The van der Waals surface area contributed by atoms with Crippen LogP contribution in [0.25, 0.3) is 0 Å². The van der Waals surface area contributed by atoms with Gasteiger partial charge < -0.3 is 14.4 Å². The van der Waals surface area contributed by atoms with Gasteiger partial charge in [-0.25, -0.2) is 17.5 Å². The third kappa shape index (κ3) is 4.28. The number of sulfonamides is 1. The lowest BCUT2D eigenvalue weighted by molar-refractivity contribution is 0.00578. The number of hydrogen-bond acceptors (Lipinski definition) is 5. The number of benzene rings is 1. The lowest BCUT2D eigenvalue weighted by Gasteiger charge is -2.33. The molecule has 3 rings (SSSR count). The summed E-state index contributed by atoms with van der Waals surface area (Å²) in [4.78, 5) is -0.136. The summed E-state index contributed by atoms with van der Waals surface area (Å²) in [5.41, 5.74) is -1.80. The van der Waals surface area contributed by atoms with E-state index in [0.717, 1.165) is 6.07 Å². The van der Waals surface area contributed by atoms with E-state index in [1.807, 2.05) is 27.7 Å². The van der Waals surface area contributed by atoms with Gasteiger partial charge in [-0.2, -0.15) is 0 Å². The van der Waals surface area contributed by atoms with Crippen molar-refractivity contribution in [1.82, 2.24) is 4.72 Å². The molecule has 1 aromatic rings. The summed E-state index contributed by atoms with van der Waals surface area (Å²) < 4.78 is 54.3. The molecular formula is C19H29BFNO5S. The van der Waals surface area contributed by atoms with Crippen molar-refractivity contribution in [2.75, 3.05) is 0 Å². The van der Waals surface area contributed by atoms with Crippen LogP contribution < -0.4 is 10.2 Å². The van der Waals surface area contributed by atoms with E-state index in [-0.39, 0.29) is 16.4 Å². The van der Waals surface area contributed by atoms with Crippen molar-refractivity contribution in [3.8, 4) is 0 Å². The summed E-state index contributed by atoms with van der Waals surface area (Å²) in [5, 5.41) is 10.0. The van der Waals surface area contributed by atoms with Gasteiger partial charge in [-0.1, -0.05) is 6.07 Å². The molecule has 0 unspecified atom stereocenters. The molecule has 9 heteroatoms. The zero-order valence-electron chi connectivity index (χ0n) is 17.1. The highest BCUT2D eigenvalue weighted by Gasteiger charge is 2.52. The van der Waals surface area contributed by atoms with E-state index >= 15 is 0 Å². The molecule has 0 spiro atoms. The lowest BCUT2D eigenvalue weighted by Crippen LogP contribution is -2.42. The van der Waals surface area contributed by atoms with Gasteiger partial charge >= 0.3 is 7.12 Å². The van der Waals surface area contributed by atoms with Crippen LogP contribution in [0.3, 0.4) is 0 Å². The first-order chi connectivity index (χ1) is 12.7. The molecule has 0 bridgehead atoms. The molecule has 0 aromatic heterocycles. The van der Waals surface area contributed by atoms with Gasteiger partial charge in [-0.15, -0.1) is 0 Å². The molecule has 156 valence electrons. The maximum absolute atomic E-state index is 14.7. The van der Waals surface area contributed by atoms with Crippen LogP contribution in [-0.4, -0.2) is 43.5 Å². The van der Waals surface area contributed by atoms with Gasteiger partial charge in [0.05, 0.1) is 21.7 Å². The highest BCUT2D eigenvalue weighted by atomic mass is 32.2. The largest absolute Gasteiger partial charge is 0.497 e. The molecule has 2 N–H and O–H groups in total. The highest BCUT2D eigenvalue weighted by molar-refractivity contribution is 7.89. The monoisotopic (exact) mass is 413 g/mol. The van der Waals surface area contributed by atoms with Gasteiger partial charge in [0.15, 0.2) is 0 Å². The first kappa shape index (κ1) is 21.7. The van der Waals surface area contributed by atoms with Crippen molar-refractivity contribution in [1.29, 1.82) is 0 Å². The van der Waals surface area contributed by atoms with Gasteiger partial charge in [-0.3, -0.25) is 0 Å². The minimum absolute atomic E-state index is 0.136. The third-order valence-corrected chi connectivity index (χ3v) is 7.69. The smallest absolute Gasteiger partial charge is 0.399 e.